The third-order valence-corrected chi connectivity index (χ3v) is 7.23. The zero-order chi connectivity index (χ0) is 22.8. The molecule has 0 saturated heterocycles. The average Bonchev–Trinajstić information content (AvgIpc) is 3.01. The molecule has 30 heavy (non-hydrogen) atoms. The molecule has 0 amide bonds. The third kappa shape index (κ3) is 9.31. The van der Waals surface area contributed by atoms with E-state index in [2.05, 4.69) is 19.1 Å². The van der Waals surface area contributed by atoms with E-state index in [9.17, 15) is 23.4 Å². The SMILES string of the molecule is CCCCCC/C=C/[C@@H]1[C@@H](C/C=C\CC(C)C(O)(O)C(=O)O)CC[C@H]1CS(C)(=O)=O. The van der Waals surface area contributed by atoms with Gasteiger partial charge in [-0.2, -0.15) is 0 Å². The number of carboxylic acids is 1. The second kappa shape index (κ2) is 12.6. The molecule has 1 rings (SSSR count). The van der Waals surface area contributed by atoms with Crippen LogP contribution in [0.25, 0.3) is 0 Å². The van der Waals surface area contributed by atoms with Gasteiger partial charge in [-0.15, -0.1) is 0 Å². The van der Waals surface area contributed by atoms with Gasteiger partial charge in [0.15, 0.2) is 0 Å². The van der Waals surface area contributed by atoms with Crippen molar-refractivity contribution in [3.8, 4) is 0 Å². The first kappa shape index (κ1) is 26.9. The van der Waals surface area contributed by atoms with Crippen molar-refractivity contribution in [3.05, 3.63) is 24.3 Å². The highest BCUT2D eigenvalue weighted by Gasteiger charge is 2.39. The molecular formula is C23H40O6S. The van der Waals surface area contributed by atoms with Gasteiger partial charge in [0.1, 0.15) is 9.84 Å². The Morgan fingerprint density at radius 1 is 1.10 bits per heavy atom. The second-order valence-corrected chi connectivity index (χ2v) is 11.1. The molecule has 0 bridgehead atoms. The normalized spacial score (nSPS) is 24.1. The molecule has 0 heterocycles. The lowest BCUT2D eigenvalue weighted by molar-refractivity contribution is -0.219. The lowest BCUT2D eigenvalue weighted by atomic mass is 9.87. The maximum absolute atomic E-state index is 11.8. The Bertz CT molecular complexity index is 680. The van der Waals surface area contributed by atoms with E-state index in [1.54, 1.807) is 6.08 Å². The number of carbonyl (C=O) groups is 1. The van der Waals surface area contributed by atoms with Crippen LogP contribution >= 0.6 is 0 Å². The van der Waals surface area contributed by atoms with Crippen LogP contribution < -0.4 is 0 Å². The molecule has 7 heteroatoms. The van der Waals surface area contributed by atoms with Crippen molar-refractivity contribution in [3.63, 3.8) is 0 Å². The molecule has 1 aliphatic carbocycles. The van der Waals surface area contributed by atoms with E-state index in [4.69, 9.17) is 5.11 Å². The van der Waals surface area contributed by atoms with E-state index < -0.39 is 27.5 Å². The Morgan fingerprint density at radius 2 is 1.77 bits per heavy atom. The van der Waals surface area contributed by atoms with Gasteiger partial charge >= 0.3 is 5.97 Å². The number of hydrogen-bond acceptors (Lipinski definition) is 5. The number of unbranched alkanes of at least 4 members (excludes halogenated alkanes) is 4. The first-order valence-corrected chi connectivity index (χ1v) is 13.2. The zero-order valence-electron chi connectivity index (χ0n) is 18.7. The van der Waals surface area contributed by atoms with Crippen LogP contribution in [0.3, 0.4) is 0 Å². The number of sulfone groups is 1. The Balaban J connectivity index is 2.68. The van der Waals surface area contributed by atoms with Crippen LogP contribution in [0.15, 0.2) is 24.3 Å². The predicted molar refractivity (Wildman–Crippen MR) is 120 cm³/mol. The minimum Gasteiger partial charge on any atom is -0.477 e. The van der Waals surface area contributed by atoms with Gasteiger partial charge in [0.05, 0.1) is 5.75 Å². The summed E-state index contributed by atoms with van der Waals surface area (Å²) in [5.74, 6) is -4.28. The minimum absolute atomic E-state index is 0.138. The quantitative estimate of drug-likeness (QED) is 0.213. The molecule has 1 unspecified atom stereocenters. The fourth-order valence-electron chi connectivity index (χ4n) is 4.26. The first-order chi connectivity index (χ1) is 14.0. The Hall–Kier alpha value is -1.18. The van der Waals surface area contributed by atoms with Crippen LogP contribution in [0.4, 0.5) is 0 Å². The fraction of sp³-hybridized carbons (Fsp3) is 0.783. The van der Waals surface area contributed by atoms with Crippen LogP contribution in [-0.4, -0.2) is 47.5 Å². The topological polar surface area (TPSA) is 112 Å². The van der Waals surface area contributed by atoms with E-state index in [1.807, 2.05) is 6.08 Å². The average molecular weight is 445 g/mol. The van der Waals surface area contributed by atoms with E-state index >= 15 is 0 Å². The maximum Gasteiger partial charge on any atom is 0.364 e. The zero-order valence-corrected chi connectivity index (χ0v) is 19.5. The smallest absolute Gasteiger partial charge is 0.364 e. The van der Waals surface area contributed by atoms with E-state index in [-0.39, 0.29) is 24.0 Å². The summed E-state index contributed by atoms with van der Waals surface area (Å²) in [6, 6.07) is 0. The van der Waals surface area contributed by atoms with Crippen molar-refractivity contribution in [1.82, 2.24) is 0 Å². The molecule has 1 fully saturated rings. The van der Waals surface area contributed by atoms with Gasteiger partial charge in [0.2, 0.25) is 0 Å². The summed E-state index contributed by atoms with van der Waals surface area (Å²) in [6.07, 6.45) is 18.2. The summed E-state index contributed by atoms with van der Waals surface area (Å²) < 4.78 is 23.7. The lowest BCUT2D eigenvalue weighted by Gasteiger charge is -2.23. The first-order valence-electron chi connectivity index (χ1n) is 11.2. The van der Waals surface area contributed by atoms with Gasteiger partial charge in [0, 0.05) is 12.2 Å². The monoisotopic (exact) mass is 444 g/mol. The van der Waals surface area contributed by atoms with Crippen LogP contribution in [-0.2, 0) is 14.6 Å². The maximum atomic E-state index is 11.8. The number of aliphatic carboxylic acids is 1. The van der Waals surface area contributed by atoms with E-state index in [0.29, 0.717) is 5.92 Å². The molecule has 0 aromatic rings. The van der Waals surface area contributed by atoms with Gasteiger partial charge in [-0.3, -0.25) is 0 Å². The molecule has 4 atom stereocenters. The highest BCUT2D eigenvalue weighted by Crippen LogP contribution is 2.41. The summed E-state index contributed by atoms with van der Waals surface area (Å²) in [7, 11) is -3.03. The second-order valence-electron chi connectivity index (χ2n) is 8.92. The summed E-state index contributed by atoms with van der Waals surface area (Å²) in [5.41, 5.74) is 0. The van der Waals surface area contributed by atoms with Gasteiger partial charge in [-0.1, -0.05) is 57.4 Å². The van der Waals surface area contributed by atoms with Crippen molar-refractivity contribution < 1.29 is 28.5 Å². The van der Waals surface area contributed by atoms with E-state index in [1.165, 1.54) is 32.4 Å². The number of aliphatic hydroxyl groups is 2. The Morgan fingerprint density at radius 3 is 2.37 bits per heavy atom. The van der Waals surface area contributed by atoms with Crippen molar-refractivity contribution in [2.75, 3.05) is 12.0 Å². The van der Waals surface area contributed by atoms with Crippen molar-refractivity contribution in [1.29, 1.82) is 0 Å². The molecule has 0 aromatic carbocycles. The van der Waals surface area contributed by atoms with Crippen molar-refractivity contribution >= 4 is 15.8 Å². The van der Waals surface area contributed by atoms with Crippen LogP contribution in [0.1, 0.15) is 71.6 Å². The van der Waals surface area contributed by atoms with Crippen LogP contribution in [0, 0.1) is 23.7 Å². The minimum atomic E-state index is -3.03. The summed E-state index contributed by atoms with van der Waals surface area (Å²) in [5, 5.41) is 28.0. The number of rotatable bonds is 14. The molecule has 0 aromatic heterocycles. The van der Waals surface area contributed by atoms with Crippen LogP contribution in [0.5, 0.6) is 0 Å². The number of allylic oxidation sites excluding steroid dienone is 4. The van der Waals surface area contributed by atoms with E-state index in [0.717, 1.165) is 32.1 Å². The van der Waals surface area contributed by atoms with Gasteiger partial charge in [-0.05, 0) is 56.3 Å². The van der Waals surface area contributed by atoms with Crippen molar-refractivity contribution in [2.45, 2.75) is 77.4 Å². The molecule has 3 N–H and O–H groups in total. The molecule has 1 aliphatic rings. The lowest BCUT2D eigenvalue weighted by Crippen LogP contribution is -2.44. The predicted octanol–water partition coefficient (Wildman–Crippen LogP) is 3.94. The fourth-order valence-corrected chi connectivity index (χ4v) is 5.43. The summed E-state index contributed by atoms with van der Waals surface area (Å²) >= 11 is 0. The highest BCUT2D eigenvalue weighted by atomic mass is 32.2. The molecule has 6 nitrogen and oxygen atoms in total. The van der Waals surface area contributed by atoms with Gasteiger partial charge in [-0.25, -0.2) is 13.2 Å². The van der Waals surface area contributed by atoms with Gasteiger partial charge < -0.3 is 15.3 Å². The highest BCUT2D eigenvalue weighted by molar-refractivity contribution is 7.90. The van der Waals surface area contributed by atoms with Gasteiger partial charge in [0.25, 0.3) is 5.79 Å². The number of carboxylic acid groups (broad SMARTS) is 1. The standard InChI is InChI=1S/C23H40O6S/c1-4-5-6-7-8-9-14-21-19(15-16-20(21)17-30(3,28)29)13-11-10-12-18(2)23(26,27)22(24)25/h9-11,14,18-21,26-27H,4-8,12-13,15-17H2,1-3H3,(H,24,25)/b11-10-,14-9+/t18?,19-,20-,21+/m0/s1. The summed E-state index contributed by atoms with van der Waals surface area (Å²) in [4.78, 5) is 10.9. The molecule has 1 saturated carbocycles. The third-order valence-electron chi connectivity index (χ3n) is 6.19. The molecule has 0 aliphatic heterocycles. The summed E-state index contributed by atoms with van der Waals surface area (Å²) in [6.45, 7) is 3.67. The Labute approximate surface area is 182 Å². The van der Waals surface area contributed by atoms with Crippen molar-refractivity contribution in [2.24, 2.45) is 23.7 Å². The Kier molecular flexibility index (Phi) is 11.3. The van der Waals surface area contributed by atoms with Crippen LogP contribution in [0.2, 0.25) is 0 Å². The molecular weight excluding hydrogens is 404 g/mol. The largest absolute Gasteiger partial charge is 0.477 e. The molecule has 174 valence electrons. The molecule has 0 spiro atoms. The molecule has 0 radical (unpaired) electrons. The number of hydrogen-bond donors (Lipinski definition) is 3.